The molecule has 1 amide bonds. The number of benzene rings is 1. The van der Waals surface area contributed by atoms with Crippen LogP contribution in [0.2, 0.25) is 10.0 Å². The summed E-state index contributed by atoms with van der Waals surface area (Å²) in [6.45, 7) is 8.13. The number of aromatic nitrogens is 2. The van der Waals surface area contributed by atoms with Crippen molar-refractivity contribution in [1.82, 2.24) is 15.3 Å². The maximum absolute atomic E-state index is 12.1. The number of aliphatic hydroxyl groups is 1. The van der Waals surface area contributed by atoms with Gasteiger partial charge in [0.1, 0.15) is 5.60 Å². The molecule has 1 saturated heterocycles. The number of hydrogen-bond donors (Lipinski definition) is 3. The number of piperidine rings is 1. The zero-order chi connectivity index (χ0) is 25.0. The lowest BCUT2D eigenvalue weighted by Crippen LogP contribution is -2.55. The van der Waals surface area contributed by atoms with Gasteiger partial charge in [-0.15, -0.1) is 0 Å². The largest absolute Gasteiger partial charge is 0.491 e. The molecule has 0 spiro atoms. The Morgan fingerprint density at radius 3 is 2.68 bits per heavy atom. The first-order valence-corrected chi connectivity index (χ1v) is 11.8. The van der Waals surface area contributed by atoms with Gasteiger partial charge in [-0.3, -0.25) is 0 Å². The van der Waals surface area contributed by atoms with E-state index in [1.807, 2.05) is 17.9 Å². The van der Waals surface area contributed by atoms with Gasteiger partial charge in [0.15, 0.2) is 11.6 Å². The number of aliphatic hydroxyl groups excluding tert-OH is 1. The molecule has 0 bridgehead atoms. The Hall–Kier alpha value is -2.49. The lowest BCUT2D eigenvalue weighted by Gasteiger charge is -2.36. The highest BCUT2D eigenvalue weighted by molar-refractivity contribution is 6.35. The van der Waals surface area contributed by atoms with Gasteiger partial charge in [0.05, 0.1) is 31.5 Å². The Bertz CT molecular complexity index is 1020. The van der Waals surface area contributed by atoms with Crippen LogP contribution in [0.5, 0.6) is 5.75 Å². The van der Waals surface area contributed by atoms with E-state index in [2.05, 4.69) is 20.6 Å². The summed E-state index contributed by atoms with van der Waals surface area (Å²) in [7, 11) is 1.54. The van der Waals surface area contributed by atoms with Crippen LogP contribution in [0.3, 0.4) is 0 Å². The van der Waals surface area contributed by atoms with E-state index in [-0.39, 0.29) is 12.6 Å². The fourth-order valence-electron chi connectivity index (χ4n) is 3.64. The first kappa shape index (κ1) is 26.1. The van der Waals surface area contributed by atoms with Gasteiger partial charge in [0.2, 0.25) is 5.95 Å². The van der Waals surface area contributed by atoms with Crippen LogP contribution in [0.15, 0.2) is 24.4 Å². The van der Waals surface area contributed by atoms with Crippen molar-refractivity contribution < 1.29 is 19.4 Å². The maximum atomic E-state index is 12.1. The average molecular weight is 512 g/mol. The fraction of sp³-hybridized carbons (Fsp3) is 0.522. The van der Waals surface area contributed by atoms with Crippen LogP contribution in [0, 0.1) is 0 Å². The number of rotatable bonds is 6. The normalized spacial score (nSPS) is 19.4. The summed E-state index contributed by atoms with van der Waals surface area (Å²) in [6.07, 6.45) is 0.732. The molecule has 2 aromatic rings. The van der Waals surface area contributed by atoms with E-state index in [1.54, 1.807) is 46.2 Å². The fourth-order valence-corrected chi connectivity index (χ4v) is 4.21. The molecule has 2 heterocycles. The number of ether oxygens (including phenoxy) is 2. The number of carbonyl (C=O) groups is 1. The van der Waals surface area contributed by atoms with E-state index < -0.39 is 23.8 Å². The summed E-state index contributed by atoms with van der Waals surface area (Å²) >= 11 is 12.4. The van der Waals surface area contributed by atoms with E-state index in [0.29, 0.717) is 40.5 Å². The number of nitrogens with one attached hydrogen (secondary N) is 2. The number of amides is 1. The number of nitrogens with zero attached hydrogens (tertiary/aromatic N) is 3. The van der Waals surface area contributed by atoms with Crippen molar-refractivity contribution in [3.05, 3.63) is 40.0 Å². The van der Waals surface area contributed by atoms with Crippen LogP contribution in [0.1, 0.15) is 45.7 Å². The highest BCUT2D eigenvalue weighted by Crippen LogP contribution is 2.32. The summed E-state index contributed by atoms with van der Waals surface area (Å²) < 4.78 is 10.7. The first-order chi connectivity index (χ1) is 16.0. The van der Waals surface area contributed by atoms with Crippen molar-refractivity contribution in [1.29, 1.82) is 0 Å². The van der Waals surface area contributed by atoms with E-state index in [1.165, 1.54) is 0 Å². The monoisotopic (exact) mass is 511 g/mol. The quantitative estimate of drug-likeness (QED) is 0.522. The minimum atomic E-state index is -0.810. The molecule has 11 heteroatoms. The molecular formula is C23H31Cl2N5O4. The molecule has 0 radical (unpaired) electrons. The zero-order valence-corrected chi connectivity index (χ0v) is 21.4. The number of methoxy groups -OCH3 is 1. The van der Waals surface area contributed by atoms with Crippen molar-refractivity contribution in [2.75, 3.05) is 30.4 Å². The lowest BCUT2D eigenvalue weighted by atomic mass is 10.0. The van der Waals surface area contributed by atoms with Gasteiger partial charge in [-0.2, -0.15) is 4.98 Å². The molecule has 3 rings (SSSR count). The Morgan fingerprint density at radius 1 is 1.32 bits per heavy atom. The molecule has 9 nitrogen and oxygen atoms in total. The number of carbonyl (C=O) groups excluding carboxylic acids is 1. The Labute approximate surface area is 209 Å². The van der Waals surface area contributed by atoms with Crippen molar-refractivity contribution >= 4 is 41.1 Å². The molecule has 1 aromatic heterocycles. The molecule has 1 aliphatic heterocycles. The van der Waals surface area contributed by atoms with E-state index in [4.69, 9.17) is 32.7 Å². The van der Waals surface area contributed by atoms with Gasteiger partial charge in [-0.25, -0.2) is 9.78 Å². The smallest absolute Gasteiger partial charge is 0.407 e. The average Bonchev–Trinajstić information content (AvgIpc) is 2.73. The maximum Gasteiger partial charge on any atom is 0.407 e. The predicted octanol–water partition coefficient (Wildman–Crippen LogP) is 4.43. The van der Waals surface area contributed by atoms with Gasteiger partial charge < -0.3 is 30.1 Å². The van der Waals surface area contributed by atoms with E-state index >= 15 is 0 Å². The molecule has 1 fully saturated rings. The SMILES string of the molecule is COc1cnc(N2CC[C@H](NC(=O)OC(C)(C)C)[C@@H](O)C2)nc1N[C@H](C)c1ccc(Cl)cc1Cl. The highest BCUT2D eigenvalue weighted by Gasteiger charge is 2.31. The second-order valence-corrected chi connectivity index (χ2v) is 10.0. The molecule has 3 N–H and O–H groups in total. The Balaban J connectivity index is 1.70. The van der Waals surface area contributed by atoms with Gasteiger partial charge in [-0.1, -0.05) is 29.3 Å². The van der Waals surface area contributed by atoms with Gasteiger partial charge in [0.25, 0.3) is 0 Å². The summed E-state index contributed by atoms with van der Waals surface area (Å²) in [4.78, 5) is 23.0. The molecule has 1 aliphatic rings. The molecule has 3 atom stereocenters. The second-order valence-electron chi connectivity index (χ2n) is 9.17. The number of alkyl carbamates (subject to hydrolysis) is 1. The van der Waals surface area contributed by atoms with Gasteiger partial charge in [0, 0.05) is 23.1 Å². The van der Waals surface area contributed by atoms with Gasteiger partial charge >= 0.3 is 6.09 Å². The second kappa shape index (κ2) is 10.8. The minimum Gasteiger partial charge on any atom is -0.491 e. The molecule has 186 valence electrons. The summed E-state index contributed by atoms with van der Waals surface area (Å²) in [5, 5.41) is 17.8. The summed E-state index contributed by atoms with van der Waals surface area (Å²) in [5.74, 6) is 1.41. The van der Waals surface area contributed by atoms with Crippen LogP contribution < -0.4 is 20.3 Å². The first-order valence-electron chi connectivity index (χ1n) is 11.0. The van der Waals surface area contributed by atoms with E-state index in [0.717, 1.165) is 5.56 Å². The van der Waals surface area contributed by atoms with Crippen LogP contribution in [-0.2, 0) is 4.74 Å². The third-order valence-electron chi connectivity index (χ3n) is 5.31. The van der Waals surface area contributed by atoms with Crippen LogP contribution in [0.25, 0.3) is 0 Å². The van der Waals surface area contributed by atoms with Gasteiger partial charge in [-0.05, 0) is 51.8 Å². The predicted molar refractivity (Wildman–Crippen MR) is 133 cm³/mol. The topological polar surface area (TPSA) is 109 Å². The molecule has 1 aromatic carbocycles. The number of halogens is 2. The lowest BCUT2D eigenvalue weighted by molar-refractivity contribution is 0.0402. The number of anilines is 2. The summed E-state index contributed by atoms with van der Waals surface area (Å²) in [6, 6.07) is 4.72. The third-order valence-corrected chi connectivity index (χ3v) is 5.87. The Kier molecular flexibility index (Phi) is 8.33. The zero-order valence-electron chi connectivity index (χ0n) is 19.9. The minimum absolute atomic E-state index is 0.184. The standard InChI is InChI=1S/C23H31Cl2N5O4/c1-13(15-7-6-14(24)10-16(15)25)27-20-19(33-5)11-26-21(29-20)30-9-8-17(18(31)12-30)28-22(32)34-23(2,3)4/h6-7,10-11,13,17-18,31H,8-9,12H2,1-5H3,(H,28,32)(H,26,27,29)/t13-,17+,18+/m1/s1. The van der Waals surface area contributed by atoms with Crippen molar-refractivity contribution in [3.63, 3.8) is 0 Å². The highest BCUT2D eigenvalue weighted by atomic mass is 35.5. The number of β-amino-alcohol motifs (C(OH)–C–C–N with tert-alkyl or cyclic N) is 1. The molecular weight excluding hydrogens is 481 g/mol. The molecule has 0 saturated carbocycles. The van der Waals surface area contributed by atoms with Crippen molar-refractivity contribution in [2.45, 2.75) is 57.9 Å². The number of hydrogen-bond acceptors (Lipinski definition) is 8. The Morgan fingerprint density at radius 2 is 2.06 bits per heavy atom. The third kappa shape index (κ3) is 6.77. The van der Waals surface area contributed by atoms with Crippen molar-refractivity contribution in [3.8, 4) is 5.75 Å². The molecule has 0 unspecified atom stereocenters. The van der Waals surface area contributed by atoms with E-state index in [9.17, 15) is 9.90 Å². The molecule has 34 heavy (non-hydrogen) atoms. The van der Waals surface area contributed by atoms with Crippen LogP contribution >= 0.6 is 23.2 Å². The van der Waals surface area contributed by atoms with Crippen LogP contribution in [0.4, 0.5) is 16.6 Å². The summed E-state index contributed by atoms with van der Waals surface area (Å²) in [5.41, 5.74) is 0.251. The van der Waals surface area contributed by atoms with Crippen LogP contribution in [-0.4, -0.2) is 59.1 Å². The molecule has 0 aliphatic carbocycles. The van der Waals surface area contributed by atoms with Crippen molar-refractivity contribution in [2.24, 2.45) is 0 Å².